The first-order chi connectivity index (χ1) is 16.2. The highest BCUT2D eigenvalue weighted by Crippen LogP contribution is 2.72. The smallest absolute Gasteiger partial charge is 0.303 e. The van der Waals surface area contributed by atoms with Crippen molar-refractivity contribution >= 4 is 5.97 Å². The molecule has 200 valence electrons. The van der Waals surface area contributed by atoms with Gasteiger partial charge in [-0.2, -0.15) is 0 Å². The maximum atomic E-state index is 11.9. The Morgan fingerprint density at radius 1 is 0.943 bits per heavy atom. The number of ether oxygens (including phenoxy) is 2. The highest BCUT2D eigenvalue weighted by Gasteiger charge is 2.66. The maximum Gasteiger partial charge on any atom is 0.303 e. The zero-order valence-electron chi connectivity index (χ0n) is 23.7. The minimum atomic E-state index is -1.12. The molecular formula is C31H52O4. The molecule has 0 bridgehead atoms. The van der Waals surface area contributed by atoms with Crippen molar-refractivity contribution < 1.29 is 19.4 Å². The highest BCUT2D eigenvalue weighted by molar-refractivity contribution is 5.66. The van der Waals surface area contributed by atoms with Crippen LogP contribution in [0.2, 0.25) is 0 Å². The van der Waals surface area contributed by atoms with Crippen molar-refractivity contribution in [2.24, 2.45) is 51.8 Å². The van der Waals surface area contributed by atoms with Gasteiger partial charge in [0.1, 0.15) is 0 Å². The van der Waals surface area contributed by atoms with Crippen LogP contribution in [0, 0.1) is 51.8 Å². The molecule has 0 amide bonds. The minimum Gasteiger partial charge on any atom is -0.457 e. The average molecular weight is 489 g/mol. The van der Waals surface area contributed by atoms with Crippen LogP contribution in [-0.4, -0.2) is 35.0 Å². The molecule has 4 saturated carbocycles. The number of esters is 1. The average Bonchev–Trinajstić information content (AvgIpc) is 3.04. The second-order valence-electron chi connectivity index (χ2n) is 15.3. The van der Waals surface area contributed by atoms with E-state index in [-0.39, 0.29) is 18.2 Å². The maximum absolute atomic E-state index is 11.9. The van der Waals surface area contributed by atoms with E-state index in [1.54, 1.807) is 13.8 Å². The van der Waals surface area contributed by atoms with Crippen LogP contribution in [0.5, 0.6) is 0 Å². The summed E-state index contributed by atoms with van der Waals surface area (Å²) in [5.74, 6) is 4.02. The van der Waals surface area contributed by atoms with E-state index >= 15 is 0 Å². The molecule has 0 aromatic rings. The van der Waals surface area contributed by atoms with E-state index < -0.39 is 11.7 Å². The monoisotopic (exact) mass is 488 g/mol. The topological polar surface area (TPSA) is 55.8 Å². The Kier molecular flexibility index (Phi) is 6.28. The largest absolute Gasteiger partial charge is 0.457 e. The van der Waals surface area contributed by atoms with Crippen LogP contribution in [0.3, 0.4) is 0 Å². The predicted molar refractivity (Wildman–Crippen MR) is 139 cm³/mol. The number of fused-ring (bicyclic) bond motifs is 7. The van der Waals surface area contributed by atoms with E-state index in [0.717, 1.165) is 36.5 Å². The summed E-state index contributed by atoms with van der Waals surface area (Å²) < 4.78 is 12.5. The quantitative estimate of drug-likeness (QED) is 0.445. The summed E-state index contributed by atoms with van der Waals surface area (Å²) in [5, 5.41) is 10.8. The number of carbonyl (C=O) groups excluding carboxylic acids is 1. The summed E-state index contributed by atoms with van der Waals surface area (Å²) in [4.78, 5) is 11.9. The Bertz CT molecular complexity index is 828. The van der Waals surface area contributed by atoms with Crippen LogP contribution in [0.15, 0.2) is 0 Å². The summed E-state index contributed by atoms with van der Waals surface area (Å²) in [5.41, 5.74) is 0.175. The highest BCUT2D eigenvalue weighted by atomic mass is 16.6. The number of hydrogen-bond donors (Lipinski definition) is 1. The molecule has 0 spiro atoms. The molecule has 4 nitrogen and oxygen atoms in total. The molecule has 4 heteroatoms. The Balaban J connectivity index is 1.41. The third kappa shape index (κ3) is 4.03. The lowest BCUT2D eigenvalue weighted by atomic mass is 9.41. The van der Waals surface area contributed by atoms with Gasteiger partial charge in [-0.15, -0.1) is 0 Å². The standard InChI is InChI=1S/C31H52O4/c1-18-16-25(27(29(5,6)33)34-19(2)32)35-24-17-23-22-12-11-20-21(10-9-13-28(20,3)4)30(22,7)14-15-31(23,8)26(18)24/h18,20-27,33H,9-17H2,1-8H3/t18-,20?,21?,22+,23?,24?,25-,26?,27+,30+,31+/m1/s1. The van der Waals surface area contributed by atoms with Crippen molar-refractivity contribution in [2.45, 2.75) is 137 Å². The van der Waals surface area contributed by atoms with E-state index in [1.165, 1.54) is 51.9 Å². The van der Waals surface area contributed by atoms with Crippen LogP contribution in [-0.2, 0) is 14.3 Å². The molecule has 1 heterocycles. The lowest BCUT2D eigenvalue weighted by Crippen LogP contribution is -2.57. The number of aliphatic hydroxyl groups is 1. The molecule has 11 atom stereocenters. The van der Waals surface area contributed by atoms with Gasteiger partial charge in [0, 0.05) is 6.92 Å². The van der Waals surface area contributed by atoms with Gasteiger partial charge in [0.05, 0.1) is 17.8 Å². The fourth-order valence-corrected chi connectivity index (χ4v) is 10.9. The van der Waals surface area contributed by atoms with Gasteiger partial charge in [-0.1, -0.05) is 41.0 Å². The van der Waals surface area contributed by atoms with Crippen molar-refractivity contribution in [1.29, 1.82) is 0 Å². The van der Waals surface area contributed by atoms with Crippen LogP contribution >= 0.6 is 0 Å². The fourth-order valence-electron chi connectivity index (χ4n) is 10.9. The van der Waals surface area contributed by atoms with Gasteiger partial charge in [0.25, 0.3) is 0 Å². The molecule has 1 N–H and O–H groups in total. The van der Waals surface area contributed by atoms with Gasteiger partial charge < -0.3 is 14.6 Å². The Hall–Kier alpha value is -0.610. The van der Waals surface area contributed by atoms with Crippen molar-refractivity contribution in [3.05, 3.63) is 0 Å². The van der Waals surface area contributed by atoms with Crippen LogP contribution in [0.1, 0.15) is 113 Å². The van der Waals surface area contributed by atoms with Crippen LogP contribution < -0.4 is 0 Å². The van der Waals surface area contributed by atoms with E-state index in [0.29, 0.717) is 28.1 Å². The first-order valence-electron chi connectivity index (χ1n) is 14.7. The molecule has 35 heavy (non-hydrogen) atoms. The Morgan fingerprint density at radius 3 is 2.23 bits per heavy atom. The van der Waals surface area contributed by atoms with Crippen molar-refractivity contribution in [3.8, 4) is 0 Å². The van der Waals surface area contributed by atoms with Crippen molar-refractivity contribution in [1.82, 2.24) is 0 Å². The lowest BCUT2D eigenvalue weighted by molar-refractivity contribution is -0.209. The van der Waals surface area contributed by atoms with E-state index in [9.17, 15) is 9.90 Å². The summed E-state index contributed by atoms with van der Waals surface area (Å²) >= 11 is 0. The minimum absolute atomic E-state index is 0.210. The number of hydrogen-bond acceptors (Lipinski definition) is 4. The molecule has 5 fully saturated rings. The second-order valence-corrected chi connectivity index (χ2v) is 15.3. The van der Waals surface area contributed by atoms with E-state index in [1.807, 2.05) is 0 Å². The molecule has 1 aliphatic heterocycles. The van der Waals surface area contributed by atoms with Gasteiger partial charge in [-0.05, 0) is 117 Å². The van der Waals surface area contributed by atoms with Crippen LogP contribution in [0.4, 0.5) is 0 Å². The number of rotatable bonds is 3. The Labute approximate surface area is 214 Å². The second kappa shape index (κ2) is 8.45. The number of carbonyl (C=O) groups is 1. The zero-order valence-corrected chi connectivity index (χ0v) is 23.7. The summed E-state index contributed by atoms with van der Waals surface area (Å²) in [7, 11) is 0. The molecular weight excluding hydrogens is 436 g/mol. The van der Waals surface area contributed by atoms with Gasteiger partial charge in [0.15, 0.2) is 6.10 Å². The third-order valence-corrected chi connectivity index (χ3v) is 12.4. The normalized spacial score (nSPS) is 49.7. The molecule has 5 unspecified atom stereocenters. The van der Waals surface area contributed by atoms with E-state index in [2.05, 4.69) is 34.6 Å². The first kappa shape index (κ1) is 26.0. The lowest BCUT2D eigenvalue weighted by Gasteiger charge is -2.64. The molecule has 0 aromatic carbocycles. The fraction of sp³-hybridized carbons (Fsp3) is 0.968. The molecule has 4 aliphatic carbocycles. The summed E-state index contributed by atoms with van der Waals surface area (Å²) in [6, 6.07) is 0. The SMILES string of the molecule is CC(=O)O[C@@H]([C@H]1C[C@@H](C)C2C(CC3[C@@H]4CCC5C(CCCC5(C)C)[C@]4(C)CC[C@]23C)O1)C(C)(C)O. The third-order valence-electron chi connectivity index (χ3n) is 12.4. The summed E-state index contributed by atoms with van der Waals surface area (Å²) in [6.45, 7) is 17.7. The zero-order chi connectivity index (χ0) is 25.6. The van der Waals surface area contributed by atoms with Crippen LogP contribution in [0.25, 0.3) is 0 Å². The molecule has 1 saturated heterocycles. The van der Waals surface area contributed by atoms with Crippen molar-refractivity contribution in [3.63, 3.8) is 0 Å². The van der Waals surface area contributed by atoms with Crippen molar-refractivity contribution in [2.75, 3.05) is 0 Å². The van der Waals surface area contributed by atoms with Gasteiger partial charge in [0.2, 0.25) is 0 Å². The Morgan fingerprint density at radius 2 is 1.57 bits per heavy atom. The molecule has 0 radical (unpaired) electrons. The first-order valence-corrected chi connectivity index (χ1v) is 14.7. The van der Waals surface area contributed by atoms with Gasteiger partial charge in [-0.25, -0.2) is 0 Å². The molecule has 5 aliphatic rings. The predicted octanol–water partition coefficient (Wildman–Crippen LogP) is 6.78. The molecule has 0 aromatic heterocycles. The summed E-state index contributed by atoms with van der Waals surface area (Å²) in [6.07, 6.45) is 11.1. The van der Waals surface area contributed by atoms with Gasteiger partial charge in [-0.3, -0.25) is 4.79 Å². The van der Waals surface area contributed by atoms with Gasteiger partial charge >= 0.3 is 5.97 Å². The van der Waals surface area contributed by atoms with E-state index in [4.69, 9.17) is 9.47 Å². The molecule has 5 rings (SSSR count).